The number of benzene rings is 2. The Kier molecular flexibility index (Phi) is 5.22. The second kappa shape index (κ2) is 7.82. The van der Waals surface area contributed by atoms with Crippen LogP contribution < -0.4 is 9.46 Å². The zero-order valence-corrected chi connectivity index (χ0v) is 16.9. The number of anilines is 1. The first kappa shape index (κ1) is 19.4. The molecule has 0 atom stereocenters. The molecule has 148 valence electrons. The standard InChI is InChI=1S/C18H12ClFN4O3S2/c19-11-1-3-13(15-5-6-22-23-15)17(9-11)27-16-4-2-12(10-14(16)20)29(25,26)24-18-21-7-8-28-18/h1-10H,(H,21,24)(H,22,23). The summed E-state index contributed by atoms with van der Waals surface area (Å²) in [6, 6.07) is 10.0. The number of ether oxygens (including phenoxy) is 1. The molecular weight excluding hydrogens is 439 g/mol. The molecule has 0 aliphatic heterocycles. The van der Waals surface area contributed by atoms with Crippen molar-refractivity contribution in [1.29, 1.82) is 0 Å². The number of H-pyrrole nitrogens is 1. The van der Waals surface area contributed by atoms with Crippen LogP contribution in [0.4, 0.5) is 9.52 Å². The zero-order chi connectivity index (χ0) is 20.4. The summed E-state index contributed by atoms with van der Waals surface area (Å²) >= 11 is 7.16. The summed E-state index contributed by atoms with van der Waals surface area (Å²) < 4.78 is 47.4. The van der Waals surface area contributed by atoms with E-state index in [-0.39, 0.29) is 21.5 Å². The smallest absolute Gasteiger partial charge is 0.263 e. The number of nitrogens with zero attached hydrogens (tertiary/aromatic N) is 2. The van der Waals surface area contributed by atoms with E-state index in [1.54, 1.807) is 29.8 Å². The second-order valence-corrected chi connectivity index (χ2v) is 8.76. The Hall–Kier alpha value is -2.95. The first-order valence-corrected chi connectivity index (χ1v) is 10.9. The van der Waals surface area contributed by atoms with Gasteiger partial charge in [0.15, 0.2) is 16.7 Å². The van der Waals surface area contributed by atoms with Crippen LogP contribution in [0.3, 0.4) is 0 Å². The number of hydrogen-bond acceptors (Lipinski definition) is 6. The lowest BCUT2D eigenvalue weighted by Crippen LogP contribution is -2.13. The maximum absolute atomic E-state index is 14.6. The van der Waals surface area contributed by atoms with Gasteiger partial charge in [0, 0.05) is 34.4 Å². The highest BCUT2D eigenvalue weighted by atomic mass is 35.5. The third-order valence-electron chi connectivity index (χ3n) is 3.82. The van der Waals surface area contributed by atoms with Gasteiger partial charge in [-0.2, -0.15) is 5.10 Å². The molecule has 0 spiro atoms. The van der Waals surface area contributed by atoms with Crippen molar-refractivity contribution < 1.29 is 17.5 Å². The van der Waals surface area contributed by atoms with E-state index in [9.17, 15) is 12.8 Å². The molecule has 7 nitrogen and oxygen atoms in total. The fourth-order valence-corrected chi connectivity index (χ4v) is 4.47. The minimum absolute atomic E-state index is 0.152. The summed E-state index contributed by atoms with van der Waals surface area (Å²) in [6.45, 7) is 0. The molecule has 0 saturated carbocycles. The molecule has 0 unspecified atom stereocenters. The van der Waals surface area contributed by atoms with Crippen LogP contribution in [0.2, 0.25) is 5.02 Å². The summed E-state index contributed by atoms with van der Waals surface area (Å²) in [5, 5.41) is 8.90. The minimum atomic E-state index is -3.98. The molecule has 4 rings (SSSR count). The van der Waals surface area contributed by atoms with Crippen molar-refractivity contribution in [2.45, 2.75) is 4.90 Å². The molecular formula is C18H12ClFN4O3S2. The predicted molar refractivity (Wildman–Crippen MR) is 108 cm³/mol. The highest BCUT2D eigenvalue weighted by molar-refractivity contribution is 7.93. The molecule has 0 aliphatic carbocycles. The van der Waals surface area contributed by atoms with Crippen molar-refractivity contribution in [2.75, 3.05) is 4.72 Å². The molecule has 0 aliphatic rings. The van der Waals surface area contributed by atoms with Gasteiger partial charge in [-0.15, -0.1) is 11.3 Å². The molecule has 4 aromatic rings. The Morgan fingerprint density at radius 1 is 1.10 bits per heavy atom. The van der Waals surface area contributed by atoms with E-state index in [0.29, 0.717) is 16.3 Å². The van der Waals surface area contributed by atoms with E-state index < -0.39 is 15.8 Å². The van der Waals surface area contributed by atoms with Crippen molar-refractivity contribution in [1.82, 2.24) is 15.2 Å². The number of nitrogens with one attached hydrogen (secondary N) is 2. The van der Waals surface area contributed by atoms with Crippen molar-refractivity contribution >= 4 is 38.1 Å². The Labute approximate surface area is 174 Å². The van der Waals surface area contributed by atoms with E-state index in [4.69, 9.17) is 16.3 Å². The minimum Gasteiger partial charge on any atom is -0.454 e. The van der Waals surface area contributed by atoms with Gasteiger partial charge < -0.3 is 4.74 Å². The Balaban J connectivity index is 1.64. The Morgan fingerprint density at radius 2 is 1.97 bits per heavy atom. The average molecular weight is 451 g/mol. The molecule has 2 N–H and O–H groups in total. The highest BCUT2D eigenvalue weighted by Gasteiger charge is 2.19. The van der Waals surface area contributed by atoms with Gasteiger partial charge in [0.25, 0.3) is 10.0 Å². The summed E-state index contributed by atoms with van der Waals surface area (Å²) in [5.41, 5.74) is 1.28. The van der Waals surface area contributed by atoms with E-state index >= 15 is 0 Å². The quantitative estimate of drug-likeness (QED) is 0.434. The average Bonchev–Trinajstić information content (AvgIpc) is 3.37. The third kappa shape index (κ3) is 4.24. The number of aromatic amines is 1. The van der Waals surface area contributed by atoms with E-state index in [2.05, 4.69) is 19.9 Å². The lowest BCUT2D eigenvalue weighted by molar-refractivity contribution is 0.442. The molecule has 0 saturated heterocycles. The van der Waals surface area contributed by atoms with Crippen molar-refractivity contribution in [3.63, 3.8) is 0 Å². The van der Waals surface area contributed by atoms with Crippen molar-refractivity contribution in [2.24, 2.45) is 0 Å². The number of sulfonamides is 1. The van der Waals surface area contributed by atoms with Gasteiger partial charge in [0.2, 0.25) is 0 Å². The van der Waals surface area contributed by atoms with Crippen molar-refractivity contribution in [3.8, 4) is 22.8 Å². The van der Waals surface area contributed by atoms with Crippen LogP contribution in [0.15, 0.2) is 65.1 Å². The molecule has 0 radical (unpaired) electrons. The van der Waals surface area contributed by atoms with Crippen LogP contribution in [0.25, 0.3) is 11.3 Å². The molecule has 2 aromatic carbocycles. The maximum atomic E-state index is 14.6. The highest BCUT2D eigenvalue weighted by Crippen LogP contribution is 2.36. The lowest BCUT2D eigenvalue weighted by atomic mass is 10.1. The van der Waals surface area contributed by atoms with E-state index in [0.717, 1.165) is 17.4 Å². The summed E-state index contributed by atoms with van der Waals surface area (Å²) in [7, 11) is -3.98. The first-order chi connectivity index (χ1) is 13.9. The van der Waals surface area contributed by atoms with Gasteiger partial charge >= 0.3 is 0 Å². The Bertz CT molecular complexity index is 1250. The molecule has 29 heavy (non-hydrogen) atoms. The Morgan fingerprint density at radius 3 is 2.66 bits per heavy atom. The fourth-order valence-electron chi connectivity index (χ4n) is 2.51. The molecule has 2 heterocycles. The number of hydrogen-bond donors (Lipinski definition) is 2. The summed E-state index contributed by atoms with van der Waals surface area (Å²) in [6.07, 6.45) is 3.03. The molecule has 0 amide bonds. The van der Waals surface area contributed by atoms with Crippen molar-refractivity contribution in [3.05, 3.63) is 71.1 Å². The topological polar surface area (TPSA) is 97.0 Å². The molecule has 0 bridgehead atoms. The number of halogens is 2. The van der Waals surface area contributed by atoms with E-state index in [1.165, 1.54) is 24.4 Å². The largest absolute Gasteiger partial charge is 0.454 e. The number of thiazole rings is 1. The number of rotatable bonds is 6. The first-order valence-electron chi connectivity index (χ1n) is 8.11. The molecule has 11 heteroatoms. The fraction of sp³-hybridized carbons (Fsp3) is 0. The van der Waals surface area contributed by atoms with Crippen LogP contribution >= 0.6 is 22.9 Å². The van der Waals surface area contributed by atoms with Gasteiger partial charge in [-0.25, -0.2) is 17.8 Å². The van der Waals surface area contributed by atoms with Crippen LogP contribution in [0.1, 0.15) is 0 Å². The maximum Gasteiger partial charge on any atom is 0.263 e. The van der Waals surface area contributed by atoms with Crippen LogP contribution in [-0.4, -0.2) is 23.6 Å². The number of aromatic nitrogens is 3. The van der Waals surface area contributed by atoms with Gasteiger partial charge in [-0.1, -0.05) is 11.6 Å². The third-order valence-corrected chi connectivity index (χ3v) is 6.21. The lowest BCUT2D eigenvalue weighted by Gasteiger charge is -2.12. The van der Waals surface area contributed by atoms with Gasteiger partial charge in [-0.3, -0.25) is 9.82 Å². The van der Waals surface area contributed by atoms with E-state index in [1.807, 2.05) is 0 Å². The van der Waals surface area contributed by atoms with Crippen LogP contribution in [-0.2, 0) is 10.0 Å². The molecule has 0 fully saturated rings. The summed E-state index contributed by atoms with van der Waals surface area (Å²) in [5.74, 6) is -0.707. The SMILES string of the molecule is O=S(=O)(Nc1nccs1)c1ccc(Oc2cc(Cl)ccc2-c2ccn[nH]2)c(F)c1. The second-order valence-electron chi connectivity index (χ2n) is 5.75. The van der Waals surface area contributed by atoms with Gasteiger partial charge in [0.1, 0.15) is 5.75 Å². The molecule has 2 aromatic heterocycles. The van der Waals surface area contributed by atoms with Gasteiger partial charge in [-0.05, 0) is 36.4 Å². The monoisotopic (exact) mass is 450 g/mol. The summed E-state index contributed by atoms with van der Waals surface area (Å²) in [4.78, 5) is 3.60. The normalized spacial score (nSPS) is 11.4. The zero-order valence-electron chi connectivity index (χ0n) is 14.5. The van der Waals surface area contributed by atoms with Crippen LogP contribution in [0.5, 0.6) is 11.5 Å². The van der Waals surface area contributed by atoms with Crippen LogP contribution in [0, 0.1) is 5.82 Å². The predicted octanol–water partition coefficient (Wildman–Crippen LogP) is 4.92. The van der Waals surface area contributed by atoms with Gasteiger partial charge in [0.05, 0.1) is 10.6 Å².